The predicted molar refractivity (Wildman–Crippen MR) is 146 cm³/mol. The summed E-state index contributed by atoms with van der Waals surface area (Å²) in [5, 5.41) is 1.82. The van der Waals surface area contributed by atoms with Gasteiger partial charge in [0.05, 0.1) is 11.1 Å². The highest BCUT2D eigenvalue weighted by molar-refractivity contribution is 5.98. The first kappa shape index (κ1) is 24.0. The molecule has 0 aliphatic rings. The number of hydrogen-bond acceptors (Lipinski definition) is 4. The van der Waals surface area contributed by atoms with Crippen LogP contribution >= 0.6 is 0 Å². The molecule has 0 aromatic heterocycles. The Hall–Kier alpha value is -4.70. The first-order valence-corrected chi connectivity index (χ1v) is 12.3. The minimum absolute atomic E-state index is 0.137. The quantitative estimate of drug-likeness (QED) is 0.175. The van der Waals surface area contributed by atoms with Gasteiger partial charge in [0.1, 0.15) is 12.4 Å². The summed E-state index contributed by atoms with van der Waals surface area (Å²) in [6.07, 6.45) is 1.01. The summed E-state index contributed by atoms with van der Waals surface area (Å²) in [4.78, 5) is 25.5. The Kier molecular flexibility index (Phi) is 7.09. The van der Waals surface area contributed by atoms with Crippen LogP contribution in [0.5, 0.6) is 5.75 Å². The Morgan fingerprint density at radius 2 is 1.22 bits per heavy atom. The molecule has 0 radical (unpaired) electrons. The van der Waals surface area contributed by atoms with E-state index in [9.17, 15) is 9.59 Å². The van der Waals surface area contributed by atoms with Crippen LogP contribution in [0.1, 0.15) is 38.8 Å². The third-order valence-electron chi connectivity index (χ3n) is 6.31. The average Bonchev–Trinajstić information content (AvgIpc) is 2.96. The predicted octanol–water partition coefficient (Wildman–Crippen LogP) is 7.65. The molecule has 0 amide bonds. The molecular formula is C33H26O4. The number of carbonyl (C=O) groups is 2. The third-order valence-corrected chi connectivity index (χ3v) is 6.31. The molecule has 0 atom stereocenters. The van der Waals surface area contributed by atoms with Gasteiger partial charge in [0, 0.05) is 5.39 Å². The van der Waals surface area contributed by atoms with Crippen molar-refractivity contribution in [2.75, 3.05) is 0 Å². The number of esters is 2. The van der Waals surface area contributed by atoms with E-state index in [2.05, 4.69) is 31.2 Å². The zero-order chi connectivity index (χ0) is 25.6. The van der Waals surface area contributed by atoms with E-state index < -0.39 is 11.9 Å². The van der Waals surface area contributed by atoms with Gasteiger partial charge in [-0.2, -0.15) is 0 Å². The van der Waals surface area contributed by atoms with Crippen LogP contribution in [0, 0.1) is 0 Å². The Labute approximate surface area is 216 Å². The van der Waals surface area contributed by atoms with E-state index in [1.54, 1.807) is 24.3 Å². The molecule has 4 heteroatoms. The molecule has 5 aromatic carbocycles. The van der Waals surface area contributed by atoms with Gasteiger partial charge >= 0.3 is 11.9 Å². The molecule has 5 rings (SSSR count). The summed E-state index contributed by atoms with van der Waals surface area (Å²) in [7, 11) is 0. The van der Waals surface area contributed by atoms with Crippen LogP contribution in [-0.2, 0) is 17.8 Å². The Morgan fingerprint density at radius 3 is 1.92 bits per heavy atom. The molecule has 0 saturated carbocycles. The third kappa shape index (κ3) is 5.60. The SMILES string of the molecule is CCc1ccc(-c2ccc(COC(=O)c3cccc(C(=O)Oc4cccc5ccccc45)c3)cc2)cc1. The second kappa shape index (κ2) is 10.9. The molecule has 0 bridgehead atoms. The molecule has 0 aliphatic carbocycles. The standard InChI is InChI=1S/C33H26O4/c1-2-23-13-17-25(18-14-23)26-19-15-24(16-20-26)22-36-32(34)28-9-5-10-29(21-28)33(35)37-31-12-6-8-27-7-3-4-11-30(27)31/h3-21H,2,22H2,1H3. The maximum Gasteiger partial charge on any atom is 0.343 e. The van der Waals surface area contributed by atoms with Crippen LogP contribution in [0.25, 0.3) is 21.9 Å². The lowest BCUT2D eigenvalue weighted by Gasteiger charge is -2.09. The van der Waals surface area contributed by atoms with Crippen LogP contribution in [0.3, 0.4) is 0 Å². The highest BCUT2D eigenvalue weighted by atomic mass is 16.5. The molecule has 0 aliphatic heterocycles. The van der Waals surface area contributed by atoms with E-state index in [-0.39, 0.29) is 12.2 Å². The Bertz CT molecular complexity index is 1540. The molecule has 4 nitrogen and oxygen atoms in total. The van der Waals surface area contributed by atoms with Crippen molar-refractivity contribution >= 4 is 22.7 Å². The monoisotopic (exact) mass is 486 g/mol. The fourth-order valence-corrected chi connectivity index (χ4v) is 4.18. The number of fused-ring (bicyclic) bond motifs is 1. The summed E-state index contributed by atoms with van der Waals surface area (Å²) >= 11 is 0. The summed E-state index contributed by atoms with van der Waals surface area (Å²) in [5.74, 6) is -0.562. The van der Waals surface area contributed by atoms with E-state index in [1.807, 2.05) is 60.7 Å². The largest absolute Gasteiger partial charge is 0.457 e. The van der Waals surface area contributed by atoms with Crippen LogP contribution in [0.15, 0.2) is 115 Å². The smallest absolute Gasteiger partial charge is 0.343 e. The van der Waals surface area contributed by atoms with Gasteiger partial charge in [-0.05, 0) is 58.3 Å². The van der Waals surface area contributed by atoms with Gasteiger partial charge in [-0.15, -0.1) is 0 Å². The maximum atomic E-state index is 12.8. The van der Waals surface area contributed by atoms with Gasteiger partial charge in [0.2, 0.25) is 0 Å². The number of benzene rings is 5. The minimum Gasteiger partial charge on any atom is -0.457 e. The van der Waals surface area contributed by atoms with E-state index in [1.165, 1.54) is 11.6 Å². The summed E-state index contributed by atoms with van der Waals surface area (Å²) in [5.41, 5.74) is 5.01. The van der Waals surface area contributed by atoms with Crippen LogP contribution in [-0.4, -0.2) is 11.9 Å². The molecule has 0 unspecified atom stereocenters. The zero-order valence-electron chi connectivity index (χ0n) is 20.5. The lowest BCUT2D eigenvalue weighted by atomic mass is 10.0. The molecule has 5 aromatic rings. The van der Waals surface area contributed by atoms with Crippen molar-refractivity contribution < 1.29 is 19.1 Å². The van der Waals surface area contributed by atoms with Crippen LogP contribution < -0.4 is 4.74 Å². The van der Waals surface area contributed by atoms with E-state index >= 15 is 0 Å². The van der Waals surface area contributed by atoms with Gasteiger partial charge in [0.15, 0.2) is 0 Å². The van der Waals surface area contributed by atoms with Gasteiger partial charge in [-0.1, -0.05) is 97.9 Å². The van der Waals surface area contributed by atoms with Gasteiger partial charge < -0.3 is 9.47 Å². The fraction of sp³-hybridized carbons (Fsp3) is 0.0909. The topological polar surface area (TPSA) is 52.6 Å². The zero-order valence-corrected chi connectivity index (χ0v) is 20.5. The summed E-state index contributed by atoms with van der Waals surface area (Å²) in [6.45, 7) is 2.28. The van der Waals surface area contributed by atoms with Crippen molar-refractivity contribution in [1.29, 1.82) is 0 Å². The van der Waals surface area contributed by atoms with Crippen molar-refractivity contribution in [3.63, 3.8) is 0 Å². The lowest BCUT2D eigenvalue weighted by Crippen LogP contribution is -2.11. The Balaban J connectivity index is 1.22. The highest BCUT2D eigenvalue weighted by Crippen LogP contribution is 2.26. The first-order chi connectivity index (χ1) is 18.1. The van der Waals surface area contributed by atoms with Crippen molar-refractivity contribution in [2.45, 2.75) is 20.0 Å². The fourth-order valence-electron chi connectivity index (χ4n) is 4.18. The molecule has 0 spiro atoms. The van der Waals surface area contributed by atoms with Crippen LogP contribution in [0.4, 0.5) is 0 Å². The number of hydrogen-bond donors (Lipinski definition) is 0. The second-order valence-electron chi connectivity index (χ2n) is 8.77. The normalized spacial score (nSPS) is 10.7. The van der Waals surface area contributed by atoms with Gasteiger partial charge in [-0.25, -0.2) is 9.59 Å². The van der Waals surface area contributed by atoms with Gasteiger partial charge in [-0.3, -0.25) is 0 Å². The van der Waals surface area contributed by atoms with Crippen molar-refractivity contribution in [3.8, 4) is 16.9 Å². The summed E-state index contributed by atoms with van der Waals surface area (Å²) < 4.78 is 11.2. The molecule has 0 saturated heterocycles. The molecule has 0 N–H and O–H groups in total. The maximum absolute atomic E-state index is 12.8. The minimum atomic E-state index is -0.534. The average molecular weight is 487 g/mol. The van der Waals surface area contributed by atoms with Gasteiger partial charge in [0.25, 0.3) is 0 Å². The van der Waals surface area contributed by atoms with Crippen molar-refractivity contribution in [3.05, 3.63) is 138 Å². The van der Waals surface area contributed by atoms with Crippen molar-refractivity contribution in [2.24, 2.45) is 0 Å². The number of aryl methyl sites for hydroxylation is 1. The second-order valence-corrected chi connectivity index (χ2v) is 8.77. The van der Waals surface area contributed by atoms with E-state index in [0.29, 0.717) is 11.3 Å². The first-order valence-electron chi connectivity index (χ1n) is 12.3. The van der Waals surface area contributed by atoms with E-state index in [0.717, 1.165) is 33.9 Å². The molecule has 0 fully saturated rings. The number of carbonyl (C=O) groups excluding carboxylic acids is 2. The molecule has 182 valence electrons. The summed E-state index contributed by atoms with van der Waals surface area (Å²) in [6, 6.07) is 36.1. The number of ether oxygens (including phenoxy) is 2. The molecule has 0 heterocycles. The lowest BCUT2D eigenvalue weighted by molar-refractivity contribution is 0.0472. The molecular weight excluding hydrogens is 460 g/mol. The van der Waals surface area contributed by atoms with E-state index in [4.69, 9.17) is 9.47 Å². The van der Waals surface area contributed by atoms with Crippen LogP contribution in [0.2, 0.25) is 0 Å². The van der Waals surface area contributed by atoms with Crippen molar-refractivity contribution in [1.82, 2.24) is 0 Å². The Morgan fingerprint density at radius 1 is 0.622 bits per heavy atom. The highest BCUT2D eigenvalue weighted by Gasteiger charge is 2.15. The molecule has 37 heavy (non-hydrogen) atoms. The number of rotatable bonds is 7.